The van der Waals surface area contributed by atoms with Crippen molar-refractivity contribution in [1.29, 1.82) is 0 Å². The highest BCUT2D eigenvalue weighted by Gasteiger charge is 2.73. The fraction of sp³-hybridized carbons (Fsp3) is 0.875. The maximum atomic E-state index is 12.6. The van der Waals surface area contributed by atoms with E-state index in [0.29, 0.717) is 0 Å². The average molecular weight is 304 g/mol. The van der Waals surface area contributed by atoms with Gasteiger partial charge in [0.05, 0.1) is 13.3 Å². The maximum Gasteiger partial charge on any atom is 0.508 e. The smallest absolute Gasteiger partial charge is 0.434 e. The number of rotatable bonds is 6. The molecule has 0 amide bonds. The Morgan fingerprint density at radius 3 is 1.89 bits per heavy atom. The largest absolute Gasteiger partial charge is 0.508 e. The first-order valence-corrected chi connectivity index (χ1v) is 4.63. The molecule has 114 valence electrons. The van der Waals surface area contributed by atoms with Crippen molar-refractivity contribution >= 4 is 6.16 Å². The van der Waals surface area contributed by atoms with Crippen LogP contribution in [0.5, 0.6) is 0 Å². The number of carbonyl (C=O) groups excluding carboxylic acids is 1. The number of carbonyl (C=O) groups is 1. The van der Waals surface area contributed by atoms with Gasteiger partial charge in [-0.25, -0.2) is 4.79 Å². The van der Waals surface area contributed by atoms with Gasteiger partial charge in [-0.05, 0) is 0 Å². The van der Waals surface area contributed by atoms with Crippen LogP contribution in [0, 0.1) is 0 Å². The molecular formula is C8H8F8O3. The van der Waals surface area contributed by atoms with Crippen LogP contribution in [0.4, 0.5) is 39.9 Å². The van der Waals surface area contributed by atoms with Crippen molar-refractivity contribution in [3.63, 3.8) is 0 Å². The third-order valence-corrected chi connectivity index (χ3v) is 1.68. The third-order valence-electron chi connectivity index (χ3n) is 1.68. The first-order chi connectivity index (χ1) is 8.45. The standard InChI is InChI=1S/C8H8F8O3/c9-2-1-3-18-5(17)19-4-6(10,11)7(12,13)8(14,15)16/h1-4H2. The molecule has 11 heteroatoms. The van der Waals surface area contributed by atoms with Crippen molar-refractivity contribution in [2.24, 2.45) is 0 Å². The molecule has 0 spiro atoms. The van der Waals surface area contributed by atoms with Gasteiger partial charge in [-0.2, -0.15) is 30.7 Å². The molecular weight excluding hydrogens is 296 g/mol. The molecule has 0 heterocycles. The Balaban J connectivity index is 4.42. The van der Waals surface area contributed by atoms with Crippen LogP contribution in [0.1, 0.15) is 6.42 Å². The van der Waals surface area contributed by atoms with E-state index in [1.807, 2.05) is 0 Å². The van der Waals surface area contributed by atoms with Crippen LogP contribution in [0.3, 0.4) is 0 Å². The minimum absolute atomic E-state index is 0.301. The van der Waals surface area contributed by atoms with E-state index in [2.05, 4.69) is 9.47 Å². The Labute approximate surface area is 101 Å². The van der Waals surface area contributed by atoms with Crippen molar-refractivity contribution in [1.82, 2.24) is 0 Å². The van der Waals surface area contributed by atoms with Gasteiger partial charge in [0.2, 0.25) is 0 Å². The first kappa shape index (κ1) is 17.7. The summed E-state index contributed by atoms with van der Waals surface area (Å²) < 4.78 is 104. The third kappa shape index (κ3) is 4.71. The van der Waals surface area contributed by atoms with Crippen molar-refractivity contribution < 1.29 is 49.4 Å². The summed E-state index contributed by atoms with van der Waals surface area (Å²) in [7, 11) is 0. The molecule has 0 saturated carbocycles. The van der Waals surface area contributed by atoms with E-state index in [1.165, 1.54) is 0 Å². The van der Waals surface area contributed by atoms with Gasteiger partial charge < -0.3 is 9.47 Å². The summed E-state index contributed by atoms with van der Waals surface area (Å²) in [6, 6.07) is 0. The van der Waals surface area contributed by atoms with E-state index in [-0.39, 0.29) is 6.42 Å². The summed E-state index contributed by atoms with van der Waals surface area (Å²) in [5.41, 5.74) is 0. The molecule has 0 aromatic carbocycles. The molecule has 0 N–H and O–H groups in total. The molecule has 0 atom stereocenters. The molecule has 3 nitrogen and oxygen atoms in total. The molecule has 0 aromatic heterocycles. The lowest BCUT2D eigenvalue weighted by Gasteiger charge is -2.27. The van der Waals surface area contributed by atoms with Crippen LogP contribution in [-0.4, -0.2) is 44.1 Å². The first-order valence-electron chi connectivity index (χ1n) is 4.63. The summed E-state index contributed by atoms with van der Waals surface area (Å²) in [6.45, 7) is -4.01. The van der Waals surface area contributed by atoms with Crippen molar-refractivity contribution in [2.75, 3.05) is 19.9 Å². The van der Waals surface area contributed by atoms with Crippen LogP contribution in [-0.2, 0) is 9.47 Å². The molecule has 0 fully saturated rings. The Bertz CT molecular complexity index is 301. The van der Waals surface area contributed by atoms with Crippen LogP contribution >= 0.6 is 0 Å². The molecule has 0 aliphatic rings. The molecule has 0 aliphatic carbocycles. The Morgan fingerprint density at radius 2 is 1.47 bits per heavy atom. The van der Waals surface area contributed by atoms with Crippen LogP contribution in [0.25, 0.3) is 0 Å². The number of alkyl halides is 8. The Hall–Kier alpha value is -1.29. The topological polar surface area (TPSA) is 35.5 Å². The highest BCUT2D eigenvalue weighted by molar-refractivity contribution is 5.59. The highest BCUT2D eigenvalue weighted by atomic mass is 19.4. The van der Waals surface area contributed by atoms with Crippen molar-refractivity contribution in [3.05, 3.63) is 0 Å². The van der Waals surface area contributed by atoms with E-state index in [1.54, 1.807) is 0 Å². The van der Waals surface area contributed by atoms with Gasteiger partial charge in [-0.1, -0.05) is 0 Å². The zero-order chi connectivity index (χ0) is 15.3. The highest BCUT2D eigenvalue weighted by Crippen LogP contribution is 2.46. The number of hydrogen-bond donors (Lipinski definition) is 0. The van der Waals surface area contributed by atoms with E-state index < -0.39 is 44.1 Å². The van der Waals surface area contributed by atoms with Gasteiger partial charge in [0.1, 0.15) is 0 Å². The van der Waals surface area contributed by atoms with Crippen molar-refractivity contribution in [3.8, 4) is 0 Å². The zero-order valence-corrected chi connectivity index (χ0v) is 9.08. The van der Waals surface area contributed by atoms with Crippen LogP contribution in [0.2, 0.25) is 0 Å². The molecule has 0 radical (unpaired) electrons. The van der Waals surface area contributed by atoms with E-state index in [0.717, 1.165) is 0 Å². The minimum atomic E-state index is -6.50. The predicted molar refractivity (Wildman–Crippen MR) is 43.8 cm³/mol. The summed E-state index contributed by atoms with van der Waals surface area (Å²) in [5, 5.41) is 0. The second-order valence-electron chi connectivity index (χ2n) is 3.21. The molecule has 0 aliphatic heterocycles. The molecule has 0 aromatic rings. The molecule has 19 heavy (non-hydrogen) atoms. The number of ether oxygens (including phenoxy) is 2. The van der Waals surface area contributed by atoms with Gasteiger partial charge >= 0.3 is 24.2 Å². The van der Waals surface area contributed by atoms with Crippen LogP contribution in [0.15, 0.2) is 0 Å². The van der Waals surface area contributed by atoms with Gasteiger partial charge in [0, 0.05) is 6.42 Å². The monoisotopic (exact) mass is 304 g/mol. The summed E-state index contributed by atoms with van der Waals surface area (Å²) in [6.07, 6.45) is -8.70. The minimum Gasteiger partial charge on any atom is -0.434 e. The fourth-order valence-corrected chi connectivity index (χ4v) is 0.699. The SMILES string of the molecule is O=C(OCCCF)OCC(F)(F)C(F)(F)C(F)(F)F. The fourth-order valence-electron chi connectivity index (χ4n) is 0.699. The van der Waals surface area contributed by atoms with E-state index in [9.17, 15) is 39.9 Å². The Kier molecular flexibility index (Phi) is 5.82. The lowest BCUT2D eigenvalue weighted by atomic mass is 10.2. The zero-order valence-electron chi connectivity index (χ0n) is 9.08. The second kappa shape index (κ2) is 6.24. The average Bonchev–Trinajstić information content (AvgIpc) is 2.25. The van der Waals surface area contributed by atoms with Gasteiger partial charge in [0.15, 0.2) is 6.61 Å². The normalized spacial score (nSPS) is 13.3. The molecule has 0 rings (SSSR count). The quantitative estimate of drug-likeness (QED) is 0.429. The maximum absolute atomic E-state index is 12.6. The molecule has 0 unspecified atom stereocenters. The second-order valence-corrected chi connectivity index (χ2v) is 3.21. The van der Waals surface area contributed by atoms with Crippen LogP contribution < -0.4 is 0 Å². The summed E-state index contributed by atoms with van der Waals surface area (Å²) in [5.74, 6) is -12.0. The Morgan fingerprint density at radius 1 is 0.947 bits per heavy atom. The van der Waals surface area contributed by atoms with Gasteiger partial charge in [-0.15, -0.1) is 0 Å². The van der Waals surface area contributed by atoms with Gasteiger partial charge in [-0.3, -0.25) is 4.39 Å². The van der Waals surface area contributed by atoms with E-state index >= 15 is 0 Å². The molecule has 0 bridgehead atoms. The number of halogens is 8. The summed E-state index contributed by atoms with van der Waals surface area (Å²) >= 11 is 0. The number of hydrogen-bond acceptors (Lipinski definition) is 3. The summed E-state index contributed by atoms with van der Waals surface area (Å²) in [4.78, 5) is 10.5. The van der Waals surface area contributed by atoms with Gasteiger partial charge in [0.25, 0.3) is 0 Å². The van der Waals surface area contributed by atoms with E-state index in [4.69, 9.17) is 0 Å². The predicted octanol–water partition coefficient (Wildman–Crippen LogP) is 3.33. The van der Waals surface area contributed by atoms with Crippen molar-refractivity contribution in [2.45, 2.75) is 24.4 Å². The lowest BCUT2D eigenvalue weighted by Crippen LogP contribution is -2.54. The lowest BCUT2D eigenvalue weighted by molar-refractivity contribution is -0.359. The molecule has 0 saturated heterocycles.